The second-order valence-electron chi connectivity index (χ2n) is 15.5. The lowest BCUT2D eigenvalue weighted by Gasteiger charge is -2.29. The maximum Gasteiger partial charge on any atom is 0.254 e. The van der Waals surface area contributed by atoms with Gasteiger partial charge in [0, 0.05) is 43.5 Å². The third kappa shape index (κ3) is 11.8. The fourth-order valence-electron chi connectivity index (χ4n) is 7.01. The van der Waals surface area contributed by atoms with Gasteiger partial charge in [-0.2, -0.15) is 0 Å². The van der Waals surface area contributed by atoms with Gasteiger partial charge < -0.3 is 24.2 Å². The minimum absolute atomic E-state index is 0.110. The largest absolute Gasteiger partial charge is 0.454 e. The molecule has 3 heterocycles. The van der Waals surface area contributed by atoms with Crippen LogP contribution in [0, 0.1) is 18.8 Å². The SMILES string of the molecule is C/C=C1/OCO/C1=C(C)/C=C/[C@@H]1C[C@H](CCN2Cc3ccccc3C2=O)N(CC(=O)N(CCCC)c2cccc(C)c2)C1.CC1CCC1.C[NH+](C)C. The molecule has 2 amide bonds. The molecule has 2 saturated heterocycles. The molecule has 6 rings (SSSR count). The van der Waals surface area contributed by atoms with Crippen LogP contribution in [0.3, 0.4) is 0 Å². The number of quaternary nitrogens is 1. The minimum Gasteiger partial charge on any atom is -0.454 e. The molecular weight excluding hydrogens is 649 g/mol. The Morgan fingerprint density at radius 2 is 1.81 bits per heavy atom. The molecule has 284 valence electrons. The molecule has 4 aliphatic rings. The summed E-state index contributed by atoms with van der Waals surface area (Å²) in [5.74, 6) is 3.16. The van der Waals surface area contributed by atoms with Crippen LogP contribution in [-0.4, -0.2) is 81.8 Å². The standard InChI is InChI=1S/C36H45N3O4.C5H10.C3H9N/c1-5-7-18-39(31-13-10-11-26(3)20-31)34(40)24-38-22-28(16-15-27(4)35-33(6-2)42-25-43-35)21-30(38)17-19-37-23-29-12-8-9-14-32(29)36(37)41;1-5-3-2-4-5;1-4(2)3/h6,8-16,20,28,30H,5,7,17-19,21-25H2,1-4H3;5H,2-4H2,1H3;1-3H3/p+1/b16-15+,33-6+,35-27+;;/t28-,30+;;/m1../s1. The highest BCUT2D eigenvalue weighted by atomic mass is 16.7. The van der Waals surface area contributed by atoms with Gasteiger partial charge in [0.05, 0.1) is 27.7 Å². The molecule has 0 aromatic heterocycles. The molecule has 8 heteroatoms. The molecule has 1 saturated carbocycles. The van der Waals surface area contributed by atoms with Gasteiger partial charge in [-0.15, -0.1) is 0 Å². The topological polar surface area (TPSA) is 66.8 Å². The fourth-order valence-corrected chi connectivity index (χ4v) is 7.01. The van der Waals surface area contributed by atoms with Gasteiger partial charge in [0.1, 0.15) is 0 Å². The van der Waals surface area contributed by atoms with E-state index < -0.39 is 0 Å². The quantitative estimate of drug-likeness (QED) is 0.268. The Hall–Kier alpha value is -3.88. The number of benzene rings is 2. The number of nitrogens with zero attached hydrogens (tertiary/aromatic N) is 3. The van der Waals surface area contributed by atoms with Gasteiger partial charge in [-0.05, 0) is 92.8 Å². The summed E-state index contributed by atoms with van der Waals surface area (Å²) in [5, 5.41) is 0. The van der Waals surface area contributed by atoms with E-state index in [1.54, 1.807) is 0 Å². The van der Waals surface area contributed by atoms with Gasteiger partial charge in [0.2, 0.25) is 12.7 Å². The summed E-state index contributed by atoms with van der Waals surface area (Å²) in [6, 6.07) is 16.3. The lowest BCUT2D eigenvalue weighted by Crippen LogP contribution is -3.02. The smallest absolute Gasteiger partial charge is 0.254 e. The average Bonchev–Trinajstić information content (AvgIpc) is 3.83. The fraction of sp³-hybridized carbons (Fsp3) is 0.545. The molecule has 1 N–H and O–H groups in total. The molecule has 1 aliphatic carbocycles. The van der Waals surface area contributed by atoms with E-state index in [9.17, 15) is 9.59 Å². The van der Waals surface area contributed by atoms with Crippen LogP contribution < -0.4 is 9.80 Å². The number of unbranched alkanes of at least 4 members (excludes halogenated alkanes) is 1. The van der Waals surface area contributed by atoms with Crippen molar-refractivity contribution < 1.29 is 24.0 Å². The summed E-state index contributed by atoms with van der Waals surface area (Å²) in [5.41, 5.74) is 5.05. The number of carbonyl (C=O) groups excluding carboxylic acids is 2. The molecule has 0 unspecified atom stereocenters. The highest BCUT2D eigenvalue weighted by Gasteiger charge is 2.35. The molecule has 8 nitrogen and oxygen atoms in total. The molecule has 52 heavy (non-hydrogen) atoms. The highest BCUT2D eigenvalue weighted by molar-refractivity contribution is 5.98. The van der Waals surface area contributed by atoms with E-state index in [1.807, 2.05) is 66.1 Å². The molecule has 0 spiro atoms. The summed E-state index contributed by atoms with van der Waals surface area (Å²) >= 11 is 0. The Labute approximate surface area is 314 Å². The first-order chi connectivity index (χ1) is 25.0. The van der Waals surface area contributed by atoms with Crippen LogP contribution in [0.25, 0.3) is 0 Å². The normalized spacial score (nSPS) is 21.6. The van der Waals surface area contributed by atoms with Gasteiger partial charge in [-0.1, -0.05) is 82.0 Å². The third-order valence-corrected chi connectivity index (χ3v) is 10.2. The van der Waals surface area contributed by atoms with Gasteiger partial charge in [0.15, 0.2) is 11.5 Å². The lowest BCUT2D eigenvalue weighted by atomic mass is 9.88. The number of nitrogens with one attached hydrogen (secondary N) is 1. The number of carbonyl (C=O) groups is 2. The van der Waals surface area contributed by atoms with Crippen molar-refractivity contribution in [3.63, 3.8) is 0 Å². The predicted octanol–water partition coefficient (Wildman–Crippen LogP) is 7.17. The summed E-state index contributed by atoms with van der Waals surface area (Å²) in [6.45, 7) is 14.0. The van der Waals surface area contributed by atoms with Crippen LogP contribution in [0.5, 0.6) is 0 Å². The first kappa shape index (κ1) is 40.9. The van der Waals surface area contributed by atoms with Crippen molar-refractivity contribution in [3.05, 3.63) is 101 Å². The van der Waals surface area contributed by atoms with Gasteiger partial charge >= 0.3 is 0 Å². The summed E-state index contributed by atoms with van der Waals surface area (Å²) in [4.78, 5) is 34.6. The van der Waals surface area contributed by atoms with Crippen LogP contribution in [0.15, 0.2) is 83.9 Å². The molecular formula is C44H65N4O4+. The highest BCUT2D eigenvalue weighted by Crippen LogP contribution is 2.31. The van der Waals surface area contributed by atoms with Crippen molar-refractivity contribution >= 4 is 17.5 Å². The van der Waals surface area contributed by atoms with E-state index in [-0.39, 0.29) is 24.6 Å². The molecule has 2 atom stereocenters. The van der Waals surface area contributed by atoms with Crippen LogP contribution in [-0.2, 0) is 20.8 Å². The van der Waals surface area contributed by atoms with Crippen molar-refractivity contribution in [2.45, 2.75) is 92.2 Å². The average molecular weight is 714 g/mol. The number of ether oxygens (including phenoxy) is 2. The Kier molecular flexibility index (Phi) is 16.0. The van der Waals surface area contributed by atoms with E-state index in [4.69, 9.17) is 9.47 Å². The lowest BCUT2D eigenvalue weighted by molar-refractivity contribution is -0.836. The second kappa shape index (κ2) is 20.4. The van der Waals surface area contributed by atoms with Crippen LogP contribution in [0.1, 0.15) is 94.1 Å². The molecule has 2 aromatic rings. The number of fused-ring (bicyclic) bond motifs is 1. The first-order valence-corrected chi connectivity index (χ1v) is 19.6. The van der Waals surface area contributed by atoms with Crippen molar-refractivity contribution in [3.8, 4) is 0 Å². The van der Waals surface area contributed by atoms with Gasteiger partial charge in [0.25, 0.3) is 5.91 Å². The Morgan fingerprint density at radius 3 is 2.44 bits per heavy atom. The number of anilines is 1. The van der Waals surface area contributed by atoms with Gasteiger partial charge in [-0.3, -0.25) is 14.5 Å². The van der Waals surface area contributed by atoms with E-state index in [2.05, 4.69) is 71.1 Å². The number of likely N-dealkylation sites (tertiary alicyclic amines) is 1. The van der Waals surface area contributed by atoms with Crippen LogP contribution >= 0.6 is 0 Å². The summed E-state index contributed by atoms with van der Waals surface area (Å²) in [7, 11) is 6.25. The Balaban J connectivity index is 0.000000593. The number of amides is 2. The maximum atomic E-state index is 13.9. The zero-order valence-electron chi connectivity index (χ0n) is 33.2. The number of aryl methyl sites for hydroxylation is 1. The Morgan fingerprint density at radius 1 is 1.08 bits per heavy atom. The predicted molar refractivity (Wildman–Crippen MR) is 212 cm³/mol. The second-order valence-corrected chi connectivity index (χ2v) is 15.5. The molecule has 2 aromatic carbocycles. The Bertz CT molecular complexity index is 1560. The van der Waals surface area contributed by atoms with Crippen LogP contribution in [0.4, 0.5) is 5.69 Å². The van der Waals surface area contributed by atoms with E-state index in [0.717, 1.165) is 77.6 Å². The number of allylic oxidation sites excluding steroid dienone is 3. The molecule has 0 radical (unpaired) electrons. The monoisotopic (exact) mass is 714 g/mol. The first-order valence-electron chi connectivity index (χ1n) is 19.6. The summed E-state index contributed by atoms with van der Waals surface area (Å²) < 4.78 is 11.3. The zero-order chi connectivity index (χ0) is 37.6. The van der Waals surface area contributed by atoms with Crippen molar-refractivity contribution in [1.29, 1.82) is 0 Å². The van der Waals surface area contributed by atoms with Crippen molar-refractivity contribution in [2.24, 2.45) is 11.8 Å². The van der Waals surface area contributed by atoms with E-state index >= 15 is 0 Å². The number of rotatable bonds is 11. The number of hydrogen-bond acceptors (Lipinski definition) is 5. The molecule has 3 aliphatic heterocycles. The number of hydrogen-bond donors (Lipinski definition) is 1. The maximum absolute atomic E-state index is 13.9. The minimum atomic E-state index is 0.110. The van der Waals surface area contributed by atoms with Crippen molar-refractivity contribution in [1.82, 2.24) is 9.80 Å². The van der Waals surface area contributed by atoms with E-state index in [0.29, 0.717) is 32.1 Å². The molecule has 3 fully saturated rings. The van der Waals surface area contributed by atoms with Gasteiger partial charge in [-0.25, -0.2) is 0 Å². The third-order valence-electron chi connectivity index (χ3n) is 10.2. The molecule has 0 bridgehead atoms. The van der Waals surface area contributed by atoms with Crippen molar-refractivity contribution in [2.75, 3.05) is 59.0 Å². The van der Waals surface area contributed by atoms with Crippen LogP contribution in [0.2, 0.25) is 0 Å². The van der Waals surface area contributed by atoms with E-state index in [1.165, 1.54) is 24.2 Å². The summed E-state index contributed by atoms with van der Waals surface area (Å²) in [6.07, 6.45) is 14.5. The zero-order valence-corrected chi connectivity index (χ0v) is 33.2.